The fourth-order valence-electron chi connectivity index (χ4n) is 3.79. The highest BCUT2D eigenvalue weighted by molar-refractivity contribution is 6.04. The molecule has 1 aliphatic carbocycles. The minimum absolute atomic E-state index is 0.215. The largest absolute Gasteiger partial charge is 0.481 e. The number of nitriles is 1. The number of ether oxygens (including phenoxy) is 2. The molecule has 0 saturated heterocycles. The molecule has 0 radical (unpaired) electrons. The lowest BCUT2D eigenvalue weighted by molar-refractivity contribution is -0.376. The van der Waals surface area contributed by atoms with Crippen molar-refractivity contribution < 1.29 is 14.5 Å². The molecule has 4 rings (SSSR count). The molecule has 1 saturated carbocycles. The molecule has 2 aliphatic rings. The summed E-state index contributed by atoms with van der Waals surface area (Å²) in [5, 5.41) is 18.4. The molecule has 1 spiro atoms. The molecule has 7 heteroatoms. The Morgan fingerprint density at radius 3 is 2.67 bits per heavy atom. The smallest absolute Gasteiger partial charge is 0.300 e. The fraction of sp³-hybridized carbons (Fsp3) is 0.471. The second kappa shape index (κ2) is 5.41. The molecular weight excluding hydrogens is 306 g/mol. The monoisotopic (exact) mass is 326 g/mol. The van der Waals surface area contributed by atoms with Crippen LogP contribution in [0.5, 0.6) is 11.8 Å². The molecule has 3 N–H and O–H groups in total. The van der Waals surface area contributed by atoms with Gasteiger partial charge >= 0.3 is 5.88 Å². The van der Waals surface area contributed by atoms with Gasteiger partial charge < -0.3 is 14.8 Å². The zero-order valence-electron chi connectivity index (χ0n) is 13.8. The van der Waals surface area contributed by atoms with E-state index in [1.807, 2.05) is 0 Å². The molecule has 1 fully saturated rings. The molecule has 7 nitrogen and oxygen atoms in total. The number of H-pyrrole nitrogens is 1. The highest BCUT2D eigenvalue weighted by atomic mass is 16.5. The number of hydrogen-bond donors (Lipinski definition) is 2. The van der Waals surface area contributed by atoms with Crippen molar-refractivity contribution in [3.8, 4) is 17.8 Å². The zero-order valence-corrected chi connectivity index (χ0v) is 13.8. The number of hydrogen-bond acceptors (Lipinski definition) is 6. The maximum absolute atomic E-state index is 9.57. The van der Waals surface area contributed by atoms with Gasteiger partial charge in [0.1, 0.15) is 22.8 Å². The Kier molecular flexibility index (Phi) is 3.34. The van der Waals surface area contributed by atoms with Gasteiger partial charge in [-0.2, -0.15) is 10.2 Å². The standard InChI is InChI=1S/C17H19N5O2/c1-23-12-8-10-11(9-18)16(24-2)20-15-13(10)14(19-12)21-17(22-15)6-4-3-5-7-17/h8H,3-7H2,1-2H3,(H,19,21)(H,20,22)/p+1. The van der Waals surface area contributed by atoms with Crippen LogP contribution in [-0.4, -0.2) is 24.9 Å². The molecule has 124 valence electrons. The van der Waals surface area contributed by atoms with Gasteiger partial charge in [-0.25, -0.2) is 4.98 Å². The van der Waals surface area contributed by atoms with E-state index in [2.05, 4.69) is 26.7 Å². The third-order valence-corrected chi connectivity index (χ3v) is 4.94. The molecule has 3 heterocycles. The molecule has 0 amide bonds. The van der Waals surface area contributed by atoms with Crippen molar-refractivity contribution in [2.75, 3.05) is 24.9 Å². The van der Waals surface area contributed by atoms with Gasteiger partial charge in [0.15, 0.2) is 5.66 Å². The van der Waals surface area contributed by atoms with Gasteiger partial charge in [-0.05, 0) is 12.8 Å². The van der Waals surface area contributed by atoms with E-state index in [0.717, 1.165) is 48.1 Å². The Morgan fingerprint density at radius 2 is 2.00 bits per heavy atom. The van der Waals surface area contributed by atoms with Crippen LogP contribution < -0.4 is 25.1 Å². The lowest BCUT2D eigenvalue weighted by atomic mass is 9.87. The third kappa shape index (κ3) is 2.10. The van der Waals surface area contributed by atoms with Gasteiger partial charge in [-0.3, -0.25) is 5.32 Å². The Hall–Kier alpha value is -2.75. The number of nitrogens with zero attached hydrogens (tertiary/aromatic N) is 2. The number of aromatic amines is 1. The van der Waals surface area contributed by atoms with Crippen molar-refractivity contribution >= 4 is 22.4 Å². The second-order valence-electron chi connectivity index (χ2n) is 6.35. The first-order chi connectivity index (χ1) is 11.7. The number of methoxy groups -OCH3 is 2. The molecular formula is C17H20N5O2+. The molecule has 0 unspecified atom stereocenters. The van der Waals surface area contributed by atoms with Crippen molar-refractivity contribution in [2.24, 2.45) is 0 Å². The Bertz CT molecular complexity index is 838. The highest BCUT2D eigenvalue weighted by Crippen LogP contribution is 2.43. The summed E-state index contributed by atoms with van der Waals surface area (Å²) < 4.78 is 10.7. The molecule has 0 bridgehead atoms. The highest BCUT2D eigenvalue weighted by Gasteiger charge is 2.42. The van der Waals surface area contributed by atoms with Crippen molar-refractivity contribution in [1.29, 1.82) is 5.26 Å². The van der Waals surface area contributed by atoms with E-state index in [-0.39, 0.29) is 5.66 Å². The van der Waals surface area contributed by atoms with E-state index in [4.69, 9.17) is 9.47 Å². The number of anilines is 2. The predicted molar refractivity (Wildman–Crippen MR) is 89.2 cm³/mol. The van der Waals surface area contributed by atoms with Crippen LogP contribution in [-0.2, 0) is 0 Å². The van der Waals surface area contributed by atoms with E-state index in [1.54, 1.807) is 20.3 Å². The van der Waals surface area contributed by atoms with Crippen molar-refractivity contribution in [3.05, 3.63) is 11.6 Å². The maximum atomic E-state index is 9.57. The van der Waals surface area contributed by atoms with E-state index in [0.29, 0.717) is 17.3 Å². The minimum Gasteiger partial charge on any atom is -0.481 e. The summed E-state index contributed by atoms with van der Waals surface area (Å²) in [4.78, 5) is 7.82. The van der Waals surface area contributed by atoms with Gasteiger partial charge in [-0.15, -0.1) is 0 Å². The van der Waals surface area contributed by atoms with Crippen LogP contribution in [0.3, 0.4) is 0 Å². The van der Waals surface area contributed by atoms with Crippen LogP contribution >= 0.6 is 0 Å². The molecule has 0 aromatic carbocycles. The quantitative estimate of drug-likeness (QED) is 0.880. The van der Waals surface area contributed by atoms with Gasteiger partial charge in [0.05, 0.1) is 14.2 Å². The maximum Gasteiger partial charge on any atom is 0.300 e. The van der Waals surface area contributed by atoms with Crippen molar-refractivity contribution in [1.82, 2.24) is 4.98 Å². The summed E-state index contributed by atoms with van der Waals surface area (Å²) in [6.45, 7) is 0. The Balaban J connectivity index is 1.99. The zero-order chi connectivity index (χ0) is 16.7. The van der Waals surface area contributed by atoms with E-state index in [9.17, 15) is 5.26 Å². The van der Waals surface area contributed by atoms with Gasteiger partial charge in [0.25, 0.3) is 5.82 Å². The molecule has 1 aliphatic heterocycles. The topological polar surface area (TPSA) is 93.3 Å². The summed E-state index contributed by atoms with van der Waals surface area (Å²) in [7, 11) is 3.14. The number of aromatic nitrogens is 2. The first kappa shape index (κ1) is 14.8. The summed E-state index contributed by atoms with van der Waals surface area (Å²) >= 11 is 0. The van der Waals surface area contributed by atoms with Gasteiger partial charge in [0, 0.05) is 24.3 Å². The molecule has 0 atom stereocenters. The minimum atomic E-state index is -0.215. The average Bonchev–Trinajstić information content (AvgIpc) is 2.61. The van der Waals surface area contributed by atoms with E-state index in [1.165, 1.54) is 6.42 Å². The summed E-state index contributed by atoms with van der Waals surface area (Å²) in [6.07, 6.45) is 5.61. The third-order valence-electron chi connectivity index (χ3n) is 4.94. The Morgan fingerprint density at radius 1 is 1.21 bits per heavy atom. The molecule has 2 aromatic heterocycles. The van der Waals surface area contributed by atoms with Crippen LogP contribution in [0.2, 0.25) is 0 Å². The van der Waals surface area contributed by atoms with Crippen LogP contribution in [0, 0.1) is 11.3 Å². The van der Waals surface area contributed by atoms with Crippen molar-refractivity contribution in [3.63, 3.8) is 0 Å². The summed E-state index contributed by atoms with van der Waals surface area (Å²) in [5.41, 5.74) is 0.231. The SMILES string of the molecule is COc1cc2c(C#N)c(OC)[nH+]c3c2c(n1)NC1(CCCCC1)N3. The summed E-state index contributed by atoms with van der Waals surface area (Å²) in [6, 6.07) is 4.00. The van der Waals surface area contributed by atoms with Crippen LogP contribution in [0.1, 0.15) is 37.7 Å². The van der Waals surface area contributed by atoms with Crippen LogP contribution in [0.25, 0.3) is 10.8 Å². The average molecular weight is 326 g/mol. The molecule has 24 heavy (non-hydrogen) atoms. The first-order valence-electron chi connectivity index (χ1n) is 8.18. The Labute approximate surface area is 140 Å². The lowest BCUT2D eigenvalue weighted by Gasteiger charge is -2.38. The number of pyridine rings is 2. The van der Waals surface area contributed by atoms with Crippen molar-refractivity contribution in [2.45, 2.75) is 37.8 Å². The first-order valence-corrected chi connectivity index (χ1v) is 8.18. The van der Waals surface area contributed by atoms with Crippen LogP contribution in [0.15, 0.2) is 6.07 Å². The van der Waals surface area contributed by atoms with Gasteiger partial charge in [0.2, 0.25) is 5.88 Å². The van der Waals surface area contributed by atoms with Gasteiger partial charge in [-0.1, -0.05) is 6.42 Å². The number of nitrogens with one attached hydrogen (secondary N) is 3. The lowest BCUT2D eigenvalue weighted by Crippen LogP contribution is -2.51. The number of rotatable bonds is 2. The predicted octanol–water partition coefficient (Wildman–Crippen LogP) is 2.44. The fourth-order valence-corrected chi connectivity index (χ4v) is 3.79. The molecule has 2 aromatic rings. The van der Waals surface area contributed by atoms with E-state index < -0.39 is 0 Å². The summed E-state index contributed by atoms with van der Waals surface area (Å²) in [5.74, 6) is 2.51. The normalized spacial score (nSPS) is 17.7. The van der Waals surface area contributed by atoms with E-state index >= 15 is 0 Å². The second-order valence-corrected chi connectivity index (χ2v) is 6.35. The van der Waals surface area contributed by atoms with Crippen LogP contribution in [0.4, 0.5) is 11.6 Å².